The lowest BCUT2D eigenvalue weighted by Crippen LogP contribution is -1.94. The monoisotopic (exact) mass is 261 g/mol. The fourth-order valence-corrected chi connectivity index (χ4v) is 2.07. The predicted octanol–water partition coefficient (Wildman–Crippen LogP) is 3.23. The van der Waals surface area contributed by atoms with Gasteiger partial charge in [-0.3, -0.25) is 5.10 Å². The summed E-state index contributed by atoms with van der Waals surface area (Å²) in [4.78, 5) is 0. The molecule has 5 heteroatoms. The van der Waals surface area contributed by atoms with Gasteiger partial charge in [-0.25, -0.2) is 0 Å². The Morgan fingerprint density at radius 1 is 1.39 bits per heavy atom. The molecule has 0 fully saturated rings. The summed E-state index contributed by atoms with van der Waals surface area (Å²) in [6.45, 7) is 3.84. The van der Waals surface area contributed by atoms with Crippen molar-refractivity contribution >= 4 is 11.6 Å². The quantitative estimate of drug-likeness (QED) is 0.903. The van der Waals surface area contributed by atoms with Crippen molar-refractivity contribution in [2.24, 2.45) is 0 Å². The highest BCUT2D eigenvalue weighted by molar-refractivity contribution is 6.32. The summed E-state index contributed by atoms with van der Waals surface area (Å²) in [5.74, 6) is 0.711. The molecule has 0 bridgehead atoms. The van der Waals surface area contributed by atoms with E-state index in [0.29, 0.717) is 16.5 Å². The van der Waals surface area contributed by atoms with Crippen LogP contribution in [0.1, 0.15) is 16.8 Å². The van der Waals surface area contributed by atoms with E-state index < -0.39 is 0 Å². The first-order chi connectivity index (χ1) is 8.58. The van der Waals surface area contributed by atoms with E-state index in [0.717, 1.165) is 22.4 Å². The fourth-order valence-electron chi connectivity index (χ4n) is 1.93. The normalized spacial score (nSPS) is 10.2. The number of methoxy groups -OCH3 is 1. The third-order valence-electron chi connectivity index (χ3n) is 2.83. The van der Waals surface area contributed by atoms with Crippen molar-refractivity contribution in [2.75, 3.05) is 7.11 Å². The number of aromatic nitrogens is 2. The van der Waals surface area contributed by atoms with Gasteiger partial charge in [0.2, 0.25) is 0 Å². The third kappa shape index (κ3) is 1.93. The van der Waals surface area contributed by atoms with E-state index in [9.17, 15) is 0 Å². The van der Waals surface area contributed by atoms with E-state index >= 15 is 0 Å². The van der Waals surface area contributed by atoms with Crippen molar-refractivity contribution in [1.82, 2.24) is 10.2 Å². The highest BCUT2D eigenvalue weighted by Crippen LogP contribution is 2.38. The summed E-state index contributed by atoms with van der Waals surface area (Å²) < 4.78 is 5.37. The van der Waals surface area contributed by atoms with E-state index in [1.54, 1.807) is 13.2 Å². The van der Waals surface area contributed by atoms with Crippen molar-refractivity contribution in [1.29, 1.82) is 5.26 Å². The van der Waals surface area contributed by atoms with Gasteiger partial charge in [0.05, 0.1) is 12.8 Å². The Morgan fingerprint density at radius 3 is 2.67 bits per heavy atom. The summed E-state index contributed by atoms with van der Waals surface area (Å²) in [5, 5.41) is 16.2. The molecule has 2 aromatic rings. The second kappa shape index (κ2) is 4.71. The van der Waals surface area contributed by atoms with Crippen LogP contribution in [0.25, 0.3) is 11.3 Å². The van der Waals surface area contributed by atoms with Gasteiger partial charge in [-0.1, -0.05) is 11.6 Å². The van der Waals surface area contributed by atoms with Crippen LogP contribution in [0.2, 0.25) is 5.02 Å². The summed E-state index contributed by atoms with van der Waals surface area (Å²) >= 11 is 6.25. The zero-order valence-corrected chi connectivity index (χ0v) is 11.1. The lowest BCUT2D eigenvalue weighted by molar-refractivity contribution is 0.415. The molecule has 1 heterocycles. The Balaban J connectivity index is 2.70. The number of ether oxygens (including phenoxy) is 1. The molecule has 1 aromatic carbocycles. The largest absolute Gasteiger partial charge is 0.496 e. The molecule has 18 heavy (non-hydrogen) atoms. The van der Waals surface area contributed by atoms with Gasteiger partial charge in [0.25, 0.3) is 0 Å². The Labute approximate surface area is 110 Å². The molecule has 0 atom stereocenters. The predicted molar refractivity (Wildman–Crippen MR) is 69.8 cm³/mol. The molecule has 0 aliphatic rings. The first-order valence-electron chi connectivity index (χ1n) is 5.38. The van der Waals surface area contributed by atoms with E-state index in [1.165, 1.54) is 0 Å². The van der Waals surface area contributed by atoms with Crippen LogP contribution in [0.4, 0.5) is 0 Å². The molecule has 0 aliphatic heterocycles. The van der Waals surface area contributed by atoms with Crippen LogP contribution in [-0.4, -0.2) is 17.3 Å². The number of hydrogen-bond acceptors (Lipinski definition) is 3. The highest BCUT2D eigenvalue weighted by atomic mass is 35.5. The summed E-state index contributed by atoms with van der Waals surface area (Å²) in [5.41, 5.74) is 3.75. The van der Waals surface area contributed by atoms with Crippen molar-refractivity contribution in [2.45, 2.75) is 13.8 Å². The number of nitrogens with zero attached hydrogens (tertiary/aromatic N) is 2. The van der Waals surface area contributed by atoms with Gasteiger partial charge in [0, 0.05) is 16.7 Å². The average molecular weight is 262 g/mol. The molecule has 0 radical (unpaired) electrons. The molecule has 2 rings (SSSR count). The van der Waals surface area contributed by atoms with Gasteiger partial charge in [-0.15, -0.1) is 0 Å². The molecule has 92 valence electrons. The van der Waals surface area contributed by atoms with Crippen molar-refractivity contribution in [3.8, 4) is 23.1 Å². The SMILES string of the molecule is COc1cc(C)c(Cl)c(C)c1-c1cc(C#N)n[nH]1. The van der Waals surface area contributed by atoms with Crippen molar-refractivity contribution < 1.29 is 4.74 Å². The standard InChI is InChI=1S/C13H12ClN3O/c1-7-4-11(18-3)12(8(2)13(7)14)10-5-9(6-15)16-17-10/h4-5H,1-3H3,(H,16,17). The number of benzene rings is 1. The molecular weight excluding hydrogens is 250 g/mol. The highest BCUT2D eigenvalue weighted by Gasteiger charge is 2.16. The van der Waals surface area contributed by atoms with E-state index in [-0.39, 0.29) is 0 Å². The van der Waals surface area contributed by atoms with Crippen LogP contribution >= 0.6 is 11.6 Å². The van der Waals surface area contributed by atoms with Crippen LogP contribution in [0.15, 0.2) is 12.1 Å². The Bertz CT molecular complexity index is 640. The number of aromatic amines is 1. The molecule has 0 unspecified atom stereocenters. The number of aryl methyl sites for hydroxylation is 1. The van der Waals surface area contributed by atoms with Gasteiger partial charge in [0.1, 0.15) is 11.8 Å². The van der Waals surface area contributed by atoms with Crippen LogP contribution in [0.3, 0.4) is 0 Å². The van der Waals surface area contributed by atoms with Gasteiger partial charge >= 0.3 is 0 Å². The van der Waals surface area contributed by atoms with E-state index in [2.05, 4.69) is 10.2 Å². The second-order valence-corrected chi connectivity index (χ2v) is 4.37. The molecule has 0 spiro atoms. The molecule has 0 saturated carbocycles. The average Bonchev–Trinajstić information content (AvgIpc) is 2.83. The van der Waals surface area contributed by atoms with Gasteiger partial charge in [-0.05, 0) is 31.0 Å². The fraction of sp³-hybridized carbons (Fsp3) is 0.231. The molecule has 0 saturated heterocycles. The number of nitrogens with one attached hydrogen (secondary N) is 1. The van der Waals surface area contributed by atoms with E-state index in [1.807, 2.05) is 26.0 Å². The lowest BCUT2D eigenvalue weighted by Gasteiger charge is -2.13. The molecule has 0 amide bonds. The molecule has 4 nitrogen and oxygen atoms in total. The molecule has 1 aromatic heterocycles. The summed E-state index contributed by atoms with van der Waals surface area (Å²) in [6, 6.07) is 5.53. The van der Waals surface area contributed by atoms with Crippen molar-refractivity contribution in [3.05, 3.63) is 34.0 Å². The maximum Gasteiger partial charge on any atom is 0.162 e. The van der Waals surface area contributed by atoms with Gasteiger partial charge in [0.15, 0.2) is 5.69 Å². The maximum atomic E-state index is 8.80. The second-order valence-electron chi connectivity index (χ2n) is 3.99. The minimum Gasteiger partial charge on any atom is -0.496 e. The number of hydrogen-bond donors (Lipinski definition) is 1. The smallest absolute Gasteiger partial charge is 0.162 e. The summed E-state index contributed by atoms with van der Waals surface area (Å²) in [7, 11) is 1.60. The lowest BCUT2D eigenvalue weighted by atomic mass is 10.0. The van der Waals surface area contributed by atoms with Gasteiger partial charge < -0.3 is 4.74 Å². The van der Waals surface area contributed by atoms with Crippen LogP contribution in [0, 0.1) is 25.2 Å². The molecule has 1 N–H and O–H groups in total. The number of nitriles is 1. The zero-order chi connectivity index (χ0) is 13.3. The van der Waals surface area contributed by atoms with Crippen molar-refractivity contribution in [3.63, 3.8) is 0 Å². The first kappa shape index (κ1) is 12.5. The minimum atomic E-state index is 0.336. The Morgan fingerprint density at radius 2 is 2.11 bits per heavy atom. The zero-order valence-electron chi connectivity index (χ0n) is 10.3. The first-order valence-corrected chi connectivity index (χ1v) is 5.75. The summed E-state index contributed by atoms with van der Waals surface area (Å²) in [6.07, 6.45) is 0. The maximum absolute atomic E-state index is 8.80. The van der Waals surface area contributed by atoms with Crippen LogP contribution in [0.5, 0.6) is 5.75 Å². The minimum absolute atomic E-state index is 0.336. The Kier molecular flexibility index (Phi) is 3.26. The Hall–Kier alpha value is -1.99. The molecule has 0 aliphatic carbocycles. The van der Waals surface area contributed by atoms with Gasteiger partial charge in [-0.2, -0.15) is 10.4 Å². The van der Waals surface area contributed by atoms with Crippen LogP contribution in [-0.2, 0) is 0 Å². The van der Waals surface area contributed by atoms with Crippen LogP contribution < -0.4 is 4.74 Å². The third-order valence-corrected chi connectivity index (χ3v) is 3.41. The molecular formula is C13H12ClN3O. The number of H-pyrrole nitrogens is 1. The van der Waals surface area contributed by atoms with E-state index in [4.69, 9.17) is 21.6 Å². The number of rotatable bonds is 2. The topological polar surface area (TPSA) is 61.7 Å². The number of halogens is 1.